The Hall–Kier alpha value is -0.560. The first kappa shape index (κ1) is 21.5. The van der Waals surface area contributed by atoms with E-state index in [1.165, 1.54) is 18.5 Å². The molecule has 0 saturated carbocycles. The first-order chi connectivity index (χ1) is 11.2. The minimum atomic E-state index is -3.60. The molecule has 0 amide bonds. The third kappa shape index (κ3) is 5.76. The number of aryl methyl sites for hydroxylation is 1. The minimum absolute atomic E-state index is 0.0408. The number of hydrogen-bond acceptors (Lipinski definition) is 6. The zero-order valence-corrected chi connectivity index (χ0v) is 17.1. The molecule has 1 atom stereocenters. The van der Waals surface area contributed by atoms with Crippen molar-refractivity contribution in [3.63, 3.8) is 0 Å². The van der Waals surface area contributed by atoms with Crippen LogP contribution in [0.4, 0.5) is 0 Å². The van der Waals surface area contributed by atoms with Gasteiger partial charge < -0.3 is 9.05 Å². The van der Waals surface area contributed by atoms with E-state index >= 15 is 0 Å². The van der Waals surface area contributed by atoms with Crippen LogP contribution in [0.25, 0.3) is 0 Å². The van der Waals surface area contributed by atoms with Crippen LogP contribution in [-0.2, 0) is 25.5 Å². The van der Waals surface area contributed by atoms with Gasteiger partial charge in [0, 0.05) is 20.3 Å². The standard InChI is InChI=1S/C14H26ClN2O5PS/c1-5-7-8-9-10-17-14(24(19,20)11-6-2)12(15)13(16-17)22-23(4,18)21-3/h5-11H2,1-4H3. The third-order valence-electron chi connectivity index (χ3n) is 3.40. The quantitative estimate of drug-likeness (QED) is 0.409. The van der Waals surface area contributed by atoms with Gasteiger partial charge in [0.1, 0.15) is 5.02 Å². The van der Waals surface area contributed by atoms with Gasteiger partial charge in [-0.05, 0) is 12.8 Å². The summed E-state index contributed by atoms with van der Waals surface area (Å²) in [4.78, 5) is 0. The number of unbranched alkanes of at least 4 members (excludes halogenated alkanes) is 3. The molecule has 7 nitrogen and oxygen atoms in total. The lowest BCUT2D eigenvalue weighted by Gasteiger charge is -2.09. The molecule has 0 spiro atoms. The molecule has 0 fully saturated rings. The van der Waals surface area contributed by atoms with Gasteiger partial charge >= 0.3 is 7.60 Å². The van der Waals surface area contributed by atoms with Crippen molar-refractivity contribution in [2.24, 2.45) is 0 Å². The fraction of sp³-hybridized carbons (Fsp3) is 0.786. The zero-order chi connectivity index (χ0) is 18.4. The van der Waals surface area contributed by atoms with E-state index in [0.717, 1.165) is 25.7 Å². The second kappa shape index (κ2) is 9.22. The van der Waals surface area contributed by atoms with E-state index in [4.69, 9.17) is 20.6 Å². The topological polar surface area (TPSA) is 87.5 Å². The second-order valence-corrected chi connectivity index (χ2v) is 10.1. The summed E-state index contributed by atoms with van der Waals surface area (Å²) in [5.74, 6) is -0.213. The maximum atomic E-state index is 12.5. The molecule has 0 saturated heterocycles. The fourth-order valence-electron chi connectivity index (χ4n) is 2.16. The van der Waals surface area contributed by atoms with Gasteiger partial charge in [-0.3, -0.25) is 0 Å². The van der Waals surface area contributed by atoms with Crippen molar-refractivity contribution in [3.8, 4) is 5.88 Å². The number of aromatic nitrogens is 2. The van der Waals surface area contributed by atoms with Gasteiger partial charge in [0.25, 0.3) is 5.88 Å². The van der Waals surface area contributed by atoms with E-state index in [1.54, 1.807) is 6.92 Å². The number of sulfone groups is 1. The van der Waals surface area contributed by atoms with E-state index in [-0.39, 0.29) is 21.7 Å². The normalized spacial score (nSPS) is 14.5. The first-order valence-electron chi connectivity index (χ1n) is 8.00. The lowest BCUT2D eigenvalue weighted by atomic mass is 10.2. The van der Waals surface area contributed by atoms with Gasteiger partial charge in [0.05, 0.1) is 5.75 Å². The number of hydrogen-bond donors (Lipinski definition) is 0. The van der Waals surface area contributed by atoms with Crippen LogP contribution in [0.1, 0.15) is 46.0 Å². The SMILES string of the molecule is CCCCCCn1nc(OP(C)(=O)OC)c(Cl)c1S(=O)(=O)CCC. The van der Waals surface area contributed by atoms with E-state index in [2.05, 4.69) is 12.0 Å². The zero-order valence-electron chi connectivity index (χ0n) is 14.6. The van der Waals surface area contributed by atoms with Crippen molar-refractivity contribution >= 4 is 29.0 Å². The van der Waals surface area contributed by atoms with Gasteiger partial charge in [0.15, 0.2) is 14.9 Å². The van der Waals surface area contributed by atoms with Crippen LogP contribution < -0.4 is 4.52 Å². The molecule has 1 unspecified atom stereocenters. The largest absolute Gasteiger partial charge is 0.403 e. The van der Waals surface area contributed by atoms with Crippen LogP contribution in [-0.4, -0.2) is 37.7 Å². The summed E-state index contributed by atoms with van der Waals surface area (Å²) in [5.41, 5.74) is 0. The molecule has 1 aromatic heterocycles. The van der Waals surface area contributed by atoms with Crippen molar-refractivity contribution in [1.29, 1.82) is 0 Å². The fourth-order valence-corrected chi connectivity index (χ4v) is 4.80. The molecule has 0 aromatic carbocycles. The lowest BCUT2D eigenvalue weighted by Crippen LogP contribution is -2.14. The van der Waals surface area contributed by atoms with Crippen LogP contribution in [0, 0.1) is 0 Å². The summed E-state index contributed by atoms with van der Waals surface area (Å²) < 4.78 is 48.3. The molecule has 24 heavy (non-hydrogen) atoms. The van der Waals surface area contributed by atoms with Gasteiger partial charge in [0.2, 0.25) is 0 Å². The molecule has 1 rings (SSSR count). The highest BCUT2D eigenvalue weighted by Gasteiger charge is 2.30. The third-order valence-corrected chi connectivity index (χ3v) is 6.97. The van der Waals surface area contributed by atoms with Crippen molar-refractivity contribution in [1.82, 2.24) is 9.78 Å². The molecule has 140 valence electrons. The number of rotatable bonds is 11. The monoisotopic (exact) mass is 400 g/mol. The van der Waals surface area contributed by atoms with Gasteiger partial charge in [-0.2, -0.15) is 0 Å². The predicted molar refractivity (Wildman–Crippen MR) is 94.9 cm³/mol. The summed E-state index contributed by atoms with van der Waals surface area (Å²) in [6, 6.07) is 0. The Labute approximate surface area is 149 Å². The van der Waals surface area contributed by atoms with Gasteiger partial charge in [-0.25, -0.2) is 17.7 Å². The summed E-state index contributed by atoms with van der Waals surface area (Å²) in [7, 11) is -5.74. The molecule has 0 radical (unpaired) electrons. The van der Waals surface area contributed by atoms with Crippen molar-refractivity contribution in [3.05, 3.63) is 5.02 Å². The van der Waals surface area contributed by atoms with Crippen LogP contribution in [0.5, 0.6) is 5.88 Å². The molecular weight excluding hydrogens is 375 g/mol. The summed E-state index contributed by atoms with van der Waals surface area (Å²) >= 11 is 6.19. The molecule has 0 aliphatic heterocycles. The second-order valence-electron chi connectivity index (χ2n) is 5.57. The van der Waals surface area contributed by atoms with E-state index in [9.17, 15) is 13.0 Å². The Balaban J connectivity index is 3.21. The van der Waals surface area contributed by atoms with Gasteiger partial charge in [-0.1, -0.05) is 44.7 Å². The molecule has 1 heterocycles. The summed E-state index contributed by atoms with van der Waals surface area (Å²) in [6.45, 7) is 5.54. The Morgan fingerprint density at radius 3 is 2.42 bits per heavy atom. The Bertz CT molecular complexity index is 690. The summed E-state index contributed by atoms with van der Waals surface area (Å²) in [5, 5.41) is 3.90. The molecule has 0 aliphatic carbocycles. The smallest absolute Gasteiger partial charge is 0.377 e. The molecule has 10 heteroatoms. The number of halogens is 1. The highest BCUT2D eigenvalue weighted by molar-refractivity contribution is 7.91. The lowest BCUT2D eigenvalue weighted by molar-refractivity contribution is 0.323. The van der Waals surface area contributed by atoms with Gasteiger partial charge in [-0.15, -0.1) is 5.10 Å². The average molecular weight is 401 g/mol. The van der Waals surface area contributed by atoms with E-state index < -0.39 is 17.4 Å². The molecule has 1 aromatic rings. The molecular formula is C14H26ClN2O5PS. The molecule has 0 aliphatic rings. The van der Waals surface area contributed by atoms with Crippen molar-refractivity contribution in [2.45, 2.75) is 57.5 Å². The minimum Gasteiger partial charge on any atom is -0.403 e. The Morgan fingerprint density at radius 1 is 1.21 bits per heavy atom. The Morgan fingerprint density at radius 2 is 1.88 bits per heavy atom. The maximum absolute atomic E-state index is 12.5. The highest BCUT2D eigenvalue weighted by Crippen LogP contribution is 2.46. The average Bonchev–Trinajstić information content (AvgIpc) is 2.80. The van der Waals surface area contributed by atoms with E-state index in [0.29, 0.717) is 13.0 Å². The van der Waals surface area contributed by atoms with Crippen LogP contribution in [0.3, 0.4) is 0 Å². The van der Waals surface area contributed by atoms with Crippen LogP contribution in [0.15, 0.2) is 5.03 Å². The van der Waals surface area contributed by atoms with Crippen LogP contribution >= 0.6 is 19.2 Å². The van der Waals surface area contributed by atoms with Crippen molar-refractivity contribution in [2.75, 3.05) is 19.5 Å². The van der Waals surface area contributed by atoms with E-state index in [1.807, 2.05) is 0 Å². The molecule has 0 bridgehead atoms. The highest BCUT2D eigenvalue weighted by atomic mass is 35.5. The number of nitrogens with zero attached hydrogens (tertiary/aromatic N) is 2. The van der Waals surface area contributed by atoms with Crippen molar-refractivity contribution < 1.29 is 22.0 Å². The van der Waals surface area contributed by atoms with Crippen LogP contribution in [0.2, 0.25) is 5.02 Å². The molecule has 0 N–H and O–H groups in total. The summed E-state index contributed by atoms with van der Waals surface area (Å²) in [6.07, 6.45) is 4.32. The Kier molecular flexibility index (Phi) is 8.26. The predicted octanol–water partition coefficient (Wildman–Crippen LogP) is 4.15. The maximum Gasteiger partial charge on any atom is 0.377 e. The first-order valence-corrected chi connectivity index (χ1v) is 12.0.